The van der Waals surface area contributed by atoms with E-state index in [4.69, 9.17) is 5.73 Å². The van der Waals surface area contributed by atoms with Crippen molar-refractivity contribution < 1.29 is 0 Å². The molecule has 0 radical (unpaired) electrons. The molecule has 0 saturated carbocycles. The summed E-state index contributed by atoms with van der Waals surface area (Å²) in [5.41, 5.74) is 6.45. The summed E-state index contributed by atoms with van der Waals surface area (Å²) in [6.07, 6.45) is 4.91. The van der Waals surface area contributed by atoms with E-state index in [1.807, 2.05) is 13.8 Å². The molecule has 2 aliphatic rings. The second kappa shape index (κ2) is 9.01. The number of piperidine rings is 2. The first-order chi connectivity index (χ1) is 9.20. The lowest BCUT2D eigenvalue weighted by molar-refractivity contribution is 0.243. The van der Waals surface area contributed by atoms with Gasteiger partial charge in [-0.1, -0.05) is 20.8 Å². The smallest absolute Gasteiger partial charge is 0.0139 e. The third-order valence-electron chi connectivity index (χ3n) is 3.99. The van der Waals surface area contributed by atoms with Gasteiger partial charge in [-0.2, -0.15) is 0 Å². The molecule has 0 amide bonds. The van der Waals surface area contributed by atoms with Gasteiger partial charge in [-0.05, 0) is 72.4 Å². The molecule has 2 rings (SSSR count). The Morgan fingerprint density at radius 3 is 1.55 bits per heavy atom. The van der Waals surface area contributed by atoms with Crippen molar-refractivity contribution >= 4 is 0 Å². The van der Waals surface area contributed by atoms with Crippen LogP contribution in [-0.4, -0.2) is 30.2 Å². The molecule has 20 heavy (non-hydrogen) atoms. The van der Waals surface area contributed by atoms with Crippen LogP contribution >= 0.6 is 0 Å². The molecule has 2 fully saturated rings. The number of nitrogens with one attached hydrogen (secondary N) is 2. The lowest BCUT2D eigenvalue weighted by Gasteiger charge is -2.34. The van der Waals surface area contributed by atoms with Gasteiger partial charge in [-0.25, -0.2) is 0 Å². The van der Waals surface area contributed by atoms with Gasteiger partial charge in [-0.3, -0.25) is 0 Å². The predicted octanol–water partition coefficient (Wildman–Crippen LogP) is 3.29. The molecule has 122 valence electrons. The van der Waals surface area contributed by atoms with Crippen LogP contribution in [-0.2, 0) is 0 Å². The van der Waals surface area contributed by atoms with Crippen LogP contribution in [0.25, 0.3) is 0 Å². The maximum Gasteiger partial charge on any atom is 0.0139 e. The highest BCUT2D eigenvalue weighted by atomic mass is 15.0. The van der Waals surface area contributed by atoms with Crippen LogP contribution in [0, 0.1) is 5.92 Å². The predicted molar refractivity (Wildman–Crippen MR) is 91.1 cm³/mol. The average Bonchev–Trinajstić information content (AvgIpc) is 2.28. The molecule has 2 aliphatic heterocycles. The number of hydrogen-bond donors (Lipinski definition) is 3. The first-order valence-electron chi connectivity index (χ1n) is 8.46. The summed E-state index contributed by atoms with van der Waals surface area (Å²) < 4.78 is 0. The Kier molecular flexibility index (Phi) is 8.96. The van der Waals surface area contributed by atoms with E-state index in [2.05, 4.69) is 45.3 Å². The Labute approximate surface area is 127 Å². The Bertz CT molecular complexity index is 223. The highest BCUT2D eigenvalue weighted by Crippen LogP contribution is 2.22. The summed E-state index contributed by atoms with van der Waals surface area (Å²) in [7, 11) is 0. The normalized spacial score (nSPS) is 31.2. The van der Waals surface area contributed by atoms with Crippen molar-refractivity contribution in [3.05, 3.63) is 0 Å². The van der Waals surface area contributed by atoms with E-state index in [-0.39, 0.29) is 5.54 Å². The molecular weight excluding hydrogens is 246 g/mol. The molecule has 3 heteroatoms. The molecule has 2 saturated heterocycles. The van der Waals surface area contributed by atoms with E-state index in [1.165, 1.54) is 19.4 Å². The fraction of sp³-hybridized carbons (Fsp3) is 1.00. The Balaban J connectivity index is 0.000000321. The van der Waals surface area contributed by atoms with Gasteiger partial charge in [0.05, 0.1) is 0 Å². The van der Waals surface area contributed by atoms with E-state index in [0.717, 1.165) is 25.3 Å². The van der Waals surface area contributed by atoms with Gasteiger partial charge in [-0.15, -0.1) is 0 Å². The Morgan fingerprint density at radius 2 is 1.30 bits per heavy atom. The maximum absolute atomic E-state index is 5.77. The van der Waals surface area contributed by atoms with Crippen LogP contribution in [0.4, 0.5) is 0 Å². The van der Waals surface area contributed by atoms with Crippen LogP contribution in [0.5, 0.6) is 0 Å². The van der Waals surface area contributed by atoms with Crippen molar-refractivity contribution in [3.8, 4) is 0 Å². The quantitative estimate of drug-likeness (QED) is 0.640. The molecule has 0 aromatic carbocycles. The molecule has 0 aromatic heterocycles. The molecule has 3 nitrogen and oxygen atoms in total. The lowest BCUT2D eigenvalue weighted by atomic mass is 9.86. The van der Waals surface area contributed by atoms with Gasteiger partial charge < -0.3 is 16.4 Å². The van der Waals surface area contributed by atoms with E-state index in [9.17, 15) is 0 Å². The van der Waals surface area contributed by atoms with Gasteiger partial charge in [0.1, 0.15) is 0 Å². The fourth-order valence-corrected chi connectivity index (χ4v) is 3.13. The fourth-order valence-electron chi connectivity index (χ4n) is 3.13. The van der Waals surface area contributed by atoms with E-state index in [0.29, 0.717) is 11.6 Å². The SMILES string of the molecule is CC.CC1(C)CC(N)CCN1.CC1CCNC(C)(C)C1. The van der Waals surface area contributed by atoms with Gasteiger partial charge in [0.25, 0.3) is 0 Å². The number of rotatable bonds is 0. The summed E-state index contributed by atoms with van der Waals surface area (Å²) in [5, 5.41) is 6.90. The first kappa shape index (κ1) is 19.9. The molecule has 4 N–H and O–H groups in total. The summed E-state index contributed by atoms with van der Waals surface area (Å²) in [4.78, 5) is 0. The Morgan fingerprint density at radius 1 is 0.850 bits per heavy atom. The summed E-state index contributed by atoms with van der Waals surface area (Å²) >= 11 is 0. The zero-order valence-corrected chi connectivity index (χ0v) is 15.0. The second-order valence-corrected chi connectivity index (χ2v) is 7.47. The van der Waals surface area contributed by atoms with E-state index >= 15 is 0 Å². The minimum atomic E-state index is 0.275. The molecule has 0 aromatic rings. The maximum atomic E-state index is 5.77. The van der Waals surface area contributed by atoms with Crippen molar-refractivity contribution in [3.63, 3.8) is 0 Å². The van der Waals surface area contributed by atoms with Crippen LogP contribution in [0.3, 0.4) is 0 Å². The van der Waals surface area contributed by atoms with Crippen LogP contribution in [0.15, 0.2) is 0 Å². The average molecular weight is 286 g/mol. The van der Waals surface area contributed by atoms with Gasteiger partial charge in [0, 0.05) is 17.1 Å². The molecule has 0 aliphatic carbocycles. The molecule has 2 unspecified atom stereocenters. The van der Waals surface area contributed by atoms with E-state index in [1.54, 1.807) is 0 Å². The molecule has 0 spiro atoms. The zero-order valence-electron chi connectivity index (χ0n) is 15.0. The van der Waals surface area contributed by atoms with Crippen LogP contribution < -0.4 is 16.4 Å². The first-order valence-corrected chi connectivity index (χ1v) is 8.46. The van der Waals surface area contributed by atoms with Crippen molar-refractivity contribution in [2.24, 2.45) is 11.7 Å². The van der Waals surface area contributed by atoms with Crippen molar-refractivity contribution in [2.75, 3.05) is 13.1 Å². The second-order valence-electron chi connectivity index (χ2n) is 7.47. The van der Waals surface area contributed by atoms with Crippen molar-refractivity contribution in [1.29, 1.82) is 0 Å². The highest BCUT2D eigenvalue weighted by molar-refractivity contribution is 4.87. The van der Waals surface area contributed by atoms with Gasteiger partial charge in [0.2, 0.25) is 0 Å². The Hall–Kier alpha value is -0.120. The summed E-state index contributed by atoms with van der Waals surface area (Å²) in [6, 6.07) is 0.418. The minimum Gasteiger partial charge on any atom is -0.328 e. The molecule has 2 heterocycles. The minimum absolute atomic E-state index is 0.275. The largest absolute Gasteiger partial charge is 0.328 e. The van der Waals surface area contributed by atoms with Crippen molar-refractivity contribution in [2.45, 2.75) is 91.3 Å². The van der Waals surface area contributed by atoms with Crippen LogP contribution in [0.1, 0.15) is 74.1 Å². The molecule has 2 atom stereocenters. The third-order valence-corrected chi connectivity index (χ3v) is 3.99. The monoisotopic (exact) mass is 285 g/mol. The lowest BCUT2D eigenvalue weighted by Crippen LogP contribution is -2.50. The number of nitrogens with two attached hydrogens (primary N) is 1. The topological polar surface area (TPSA) is 50.1 Å². The molecular formula is C17H39N3. The zero-order chi connectivity index (χ0) is 15.8. The standard InChI is InChI=1S/C8H17N.C7H16N2.C2H6/c1-7-4-5-9-8(2,3)6-7;1-7(2)5-6(8)3-4-9-7;1-2/h7,9H,4-6H2,1-3H3;6,9H,3-5,8H2,1-2H3;1-2H3. The van der Waals surface area contributed by atoms with Crippen molar-refractivity contribution in [1.82, 2.24) is 10.6 Å². The third kappa shape index (κ3) is 8.93. The van der Waals surface area contributed by atoms with Gasteiger partial charge >= 0.3 is 0 Å². The molecule has 0 bridgehead atoms. The van der Waals surface area contributed by atoms with Crippen LogP contribution in [0.2, 0.25) is 0 Å². The van der Waals surface area contributed by atoms with Gasteiger partial charge in [0.15, 0.2) is 0 Å². The highest BCUT2D eigenvalue weighted by Gasteiger charge is 2.25. The number of hydrogen-bond acceptors (Lipinski definition) is 3. The summed E-state index contributed by atoms with van der Waals surface area (Å²) in [6.45, 7) is 17.6. The van der Waals surface area contributed by atoms with E-state index < -0.39 is 0 Å². The summed E-state index contributed by atoms with van der Waals surface area (Å²) in [5.74, 6) is 0.918.